The number of hydrogen-bond acceptors (Lipinski definition) is 11. The number of aliphatic carboxylic acids is 2. The lowest BCUT2D eigenvalue weighted by Crippen LogP contribution is -2.45. The van der Waals surface area contributed by atoms with E-state index in [4.69, 9.17) is 24.1 Å². The third-order valence-electron chi connectivity index (χ3n) is 10.9. The fraction of sp³-hybridized carbons (Fsp3) is 0.844. The predicted octanol–water partition coefficient (Wildman–Crippen LogP) is 4.77. The molecule has 17 nitrogen and oxygen atoms in total. The largest absolute Gasteiger partial charge is 0.481 e. The molecule has 62 heavy (non-hydrogen) atoms. The molecule has 0 spiro atoms. The first kappa shape index (κ1) is 56.3. The minimum absolute atomic E-state index is 0.0465. The van der Waals surface area contributed by atoms with Crippen molar-refractivity contribution in [2.75, 3.05) is 72.5 Å². The topological polar surface area (TPSA) is 245 Å². The van der Waals surface area contributed by atoms with Crippen molar-refractivity contribution in [2.24, 2.45) is 11.8 Å². The zero-order valence-electron chi connectivity index (χ0n) is 37.4. The molecule has 1 atom stereocenters. The SMILES string of the molecule is O=[C]COCCOCCNC(=O)COCCOCCNC(=O)CC[C@H](NC(=O)C1CCC(CNC(=O)CCCCCCCCCCCCCCCCCCC(=O)O)CC1)C(=O)O. The van der Waals surface area contributed by atoms with E-state index in [0.717, 1.165) is 51.4 Å². The first-order chi connectivity index (χ1) is 30.1. The second-order valence-corrected chi connectivity index (χ2v) is 16.2. The summed E-state index contributed by atoms with van der Waals surface area (Å²) in [6.45, 7) is 2.29. The summed E-state index contributed by atoms with van der Waals surface area (Å²) in [5.74, 6) is -2.82. The maximum Gasteiger partial charge on any atom is 0.326 e. The highest BCUT2D eigenvalue weighted by Crippen LogP contribution is 2.29. The Hall–Kier alpha value is -3.67. The minimum atomic E-state index is -1.20. The molecule has 1 saturated carbocycles. The van der Waals surface area contributed by atoms with Gasteiger partial charge in [0.1, 0.15) is 19.3 Å². The second kappa shape index (κ2) is 40.1. The van der Waals surface area contributed by atoms with Crippen molar-refractivity contribution in [2.45, 2.75) is 160 Å². The Morgan fingerprint density at radius 1 is 0.532 bits per heavy atom. The molecule has 0 unspecified atom stereocenters. The summed E-state index contributed by atoms with van der Waals surface area (Å²) in [6.07, 6.45) is 23.9. The van der Waals surface area contributed by atoms with Crippen LogP contribution in [-0.2, 0) is 52.5 Å². The summed E-state index contributed by atoms with van der Waals surface area (Å²) in [6, 6.07) is -1.18. The van der Waals surface area contributed by atoms with Gasteiger partial charge in [-0.2, -0.15) is 0 Å². The Morgan fingerprint density at radius 3 is 1.52 bits per heavy atom. The van der Waals surface area contributed by atoms with Gasteiger partial charge in [-0.1, -0.05) is 89.9 Å². The lowest BCUT2D eigenvalue weighted by Gasteiger charge is -2.28. The fourth-order valence-corrected chi connectivity index (χ4v) is 7.22. The van der Waals surface area contributed by atoms with Crippen molar-refractivity contribution in [1.29, 1.82) is 0 Å². The number of nitrogens with one attached hydrogen (secondary N) is 4. The van der Waals surface area contributed by atoms with E-state index < -0.39 is 18.0 Å². The Kier molecular flexibility index (Phi) is 36.5. The van der Waals surface area contributed by atoms with Crippen LogP contribution in [0.1, 0.15) is 154 Å². The highest BCUT2D eigenvalue weighted by atomic mass is 16.5. The van der Waals surface area contributed by atoms with Crippen LogP contribution in [0.15, 0.2) is 0 Å². The molecule has 0 aromatic rings. The Labute approximate surface area is 369 Å². The van der Waals surface area contributed by atoms with E-state index in [1.54, 1.807) is 6.29 Å². The molecule has 0 bridgehead atoms. The third-order valence-corrected chi connectivity index (χ3v) is 10.9. The standard InChI is InChI=1S/C45H79N4O13/c50-27-30-61-32-31-59-29-26-47-42(53)36-62-34-33-60-28-25-46-41(52)24-23-39(45(57)58)49-44(56)38-21-19-37(20-22-38)35-48-40(51)17-15-13-11-9-7-5-3-1-2-4-6-8-10-12-14-16-18-43(54)55/h37-39H,1-26,28-36H2,(H,46,52)(H,47,53)(H,48,51)(H,49,56)(H,54,55)(H,57,58)/t37?,38?,39-/m0/s1. The maximum absolute atomic E-state index is 12.9. The molecule has 1 fully saturated rings. The molecule has 1 rings (SSSR count). The summed E-state index contributed by atoms with van der Waals surface area (Å²) >= 11 is 0. The molecule has 0 aliphatic heterocycles. The Morgan fingerprint density at radius 2 is 1.00 bits per heavy atom. The van der Waals surface area contributed by atoms with Gasteiger partial charge in [0.25, 0.3) is 0 Å². The maximum atomic E-state index is 12.9. The van der Waals surface area contributed by atoms with Gasteiger partial charge in [-0.15, -0.1) is 0 Å². The number of hydrogen-bond donors (Lipinski definition) is 6. The van der Waals surface area contributed by atoms with Crippen molar-refractivity contribution in [3.05, 3.63) is 0 Å². The third kappa shape index (κ3) is 34.9. The van der Waals surface area contributed by atoms with Crippen LogP contribution in [0.25, 0.3) is 0 Å². The van der Waals surface area contributed by atoms with E-state index in [-0.39, 0.29) is 94.5 Å². The smallest absolute Gasteiger partial charge is 0.326 e. The van der Waals surface area contributed by atoms with E-state index in [2.05, 4.69) is 21.3 Å². The van der Waals surface area contributed by atoms with E-state index >= 15 is 0 Å². The number of carboxylic acids is 2. The number of amides is 4. The predicted molar refractivity (Wildman–Crippen MR) is 233 cm³/mol. The van der Waals surface area contributed by atoms with Gasteiger partial charge in [-0.05, 0) is 50.9 Å². The van der Waals surface area contributed by atoms with Crippen molar-refractivity contribution < 1.29 is 62.7 Å². The first-order valence-electron chi connectivity index (χ1n) is 23.3. The van der Waals surface area contributed by atoms with Gasteiger partial charge in [-0.3, -0.25) is 28.8 Å². The fourth-order valence-electron chi connectivity index (χ4n) is 7.22. The second-order valence-electron chi connectivity index (χ2n) is 16.2. The van der Waals surface area contributed by atoms with E-state index in [0.29, 0.717) is 52.0 Å². The van der Waals surface area contributed by atoms with Crippen molar-refractivity contribution >= 4 is 41.9 Å². The van der Waals surface area contributed by atoms with Crippen LogP contribution in [-0.4, -0.2) is 131 Å². The van der Waals surface area contributed by atoms with Gasteiger partial charge < -0.3 is 50.4 Å². The van der Waals surface area contributed by atoms with Crippen LogP contribution >= 0.6 is 0 Å². The highest BCUT2D eigenvalue weighted by molar-refractivity contribution is 5.85. The number of carbonyl (C=O) groups is 6. The number of ether oxygens (including phenoxy) is 4. The molecule has 1 aliphatic rings. The molecular weight excluding hydrogens is 805 g/mol. The van der Waals surface area contributed by atoms with Crippen LogP contribution in [0.3, 0.4) is 0 Å². The molecular formula is C45H79N4O13. The average molecular weight is 884 g/mol. The van der Waals surface area contributed by atoms with Crippen LogP contribution in [0, 0.1) is 11.8 Å². The van der Waals surface area contributed by atoms with E-state index in [1.807, 2.05) is 0 Å². The number of carbonyl (C=O) groups excluding carboxylic acids is 5. The number of unbranched alkanes of at least 4 members (excludes halogenated alkanes) is 15. The molecule has 0 saturated heterocycles. The van der Waals surface area contributed by atoms with Gasteiger partial charge in [0.15, 0.2) is 0 Å². The van der Waals surface area contributed by atoms with Crippen molar-refractivity contribution in [3.8, 4) is 0 Å². The monoisotopic (exact) mass is 884 g/mol. The molecule has 6 N–H and O–H groups in total. The van der Waals surface area contributed by atoms with Crippen LogP contribution in [0.2, 0.25) is 0 Å². The Balaban J connectivity index is 2.00. The zero-order valence-corrected chi connectivity index (χ0v) is 37.4. The van der Waals surface area contributed by atoms with Crippen LogP contribution in [0.5, 0.6) is 0 Å². The van der Waals surface area contributed by atoms with Gasteiger partial charge in [0, 0.05) is 44.8 Å². The zero-order chi connectivity index (χ0) is 45.3. The van der Waals surface area contributed by atoms with E-state index in [9.17, 15) is 38.7 Å². The minimum Gasteiger partial charge on any atom is -0.481 e. The number of rotatable bonds is 43. The van der Waals surface area contributed by atoms with Crippen molar-refractivity contribution in [3.63, 3.8) is 0 Å². The molecule has 1 radical (unpaired) electrons. The lowest BCUT2D eigenvalue weighted by molar-refractivity contribution is -0.143. The molecule has 0 heterocycles. The highest BCUT2D eigenvalue weighted by Gasteiger charge is 2.29. The molecule has 357 valence electrons. The van der Waals surface area contributed by atoms with Crippen LogP contribution in [0.4, 0.5) is 0 Å². The van der Waals surface area contributed by atoms with Crippen LogP contribution < -0.4 is 21.3 Å². The normalized spacial score (nSPS) is 15.4. The summed E-state index contributed by atoms with van der Waals surface area (Å²) in [5, 5.41) is 29.3. The summed E-state index contributed by atoms with van der Waals surface area (Å²) in [4.78, 5) is 81.8. The molecule has 0 aromatic carbocycles. The van der Waals surface area contributed by atoms with Gasteiger partial charge in [0.2, 0.25) is 29.9 Å². The summed E-state index contributed by atoms with van der Waals surface area (Å²) in [7, 11) is 0. The number of carboxylic acid groups (broad SMARTS) is 2. The van der Waals surface area contributed by atoms with Gasteiger partial charge in [0.05, 0.1) is 39.6 Å². The summed E-state index contributed by atoms with van der Waals surface area (Å²) < 4.78 is 20.8. The Bertz CT molecular complexity index is 1220. The van der Waals surface area contributed by atoms with Gasteiger partial charge in [-0.25, -0.2) is 4.79 Å². The quantitative estimate of drug-likeness (QED) is 0.0453. The summed E-state index contributed by atoms with van der Waals surface area (Å²) in [5.41, 5.74) is 0. The molecule has 1 aliphatic carbocycles. The van der Waals surface area contributed by atoms with Crippen molar-refractivity contribution in [1.82, 2.24) is 21.3 Å². The average Bonchev–Trinajstić information content (AvgIpc) is 3.25. The molecule has 17 heteroatoms. The lowest BCUT2D eigenvalue weighted by atomic mass is 9.81. The van der Waals surface area contributed by atoms with E-state index in [1.165, 1.54) is 64.2 Å². The van der Waals surface area contributed by atoms with Gasteiger partial charge >= 0.3 is 11.9 Å². The first-order valence-corrected chi connectivity index (χ1v) is 23.3. The molecule has 4 amide bonds. The molecule has 0 aromatic heterocycles.